The molecule has 0 aromatic carbocycles. The molecule has 3 aromatic heterocycles. The van der Waals surface area contributed by atoms with Gasteiger partial charge in [0.05, 0.1) is 10.6 Å². The number of hydrogen-bond donors (Lipinski definition) is 1. The van der Waals surface area contributed by atoms with Crippen molar-refractivity contribution in [2.75, 3.05) is 5.32 Å². The van der Waals surface area contributed by atoms with Crippen LogP contribution in [0, 0.1) is 6.92 Å². The molecule has 0 fully saturated rings. The Labute approximate surface area is 157 Å². The molecular formula is C17H16F3N5OS. The summed E-state index contributed by atoms with van der Waals surface area (Å²) < 4.78 is 40.3. The van der Waals surface area contributed by atoms with Gasteiger partial charge >= 0.3 is 6.18 Å². The zero-order valence-electron chi connectivity index (χ0n) is 14.7. The van der Waals surface area contributed by atoms with Gasteiger partial charge in [0.25, 0.3) is 5.91 Å². The number of carbonyl (C=O) groups is 1. The molecule has 0 spiro atoms. The molecule has 3 aromatic rings. The van der Waals surface area contributed by atoms with Gasteiger partial charge in [-0.3, -0.25) is 19.8 Å². The van der Waals surface area contributed by atoms with Crippen LogP contribution in [-0.4, -0.2) is 25.7 Å². The molecule has 1 N–H and O–H groups in total. The third-order valence-corrected chi connectivity index (χ3v) is 4.65. The number of thiazole rings is 1. The molecule has 3 heterocycles. The van der Waals surface area contributed by atoms with E-state index in [1.165, 1.54) is 17.1 Å². The van der Waals surface area contributed by atoms with Crippen LogP contribution in [0.25, 0.3) is 10.6 Å². The van der Waals surface area contributed by atoms with Crippen LogP contribution in [0.1, 0.15) is 41.6 Å². The van der Waals surface area contributed by atoms with E-state index in [4.69, 9.17) is 0 Å². The lowest BCUT2D eigenvalue weighted by atomic mass is 10.2. The topological polar surface area (TPSA) is 72.7 Å². The highest BCUT2D eigenvalue weighted by atomic mass is 32.1. The van der Waals surface area contributed by atoms with Crippen molar-refractivity contribution in [1.29, 1.82) is 0 Å². The predicted molar refractivity (Wildman–Crippen MR) is 95.6 cm³/mol. The van der Waals surface area contributed by atoms with E-state index in [1.807, 2.05) is 0 Å². The first kappa shape index (κ1) is 19.0. The number of anilines is 1. The molecule has 1 amide bonds. The van der Waals surface area contributed by atoms with Gasteiger partial charge < -0.3 is 0 Å². The number of aryl methyl sites for hydroxylation is 1. The Bertz CT molecular complexity index is 977. The van der Waals surface area contributed by atoms with Crippen LogP contribution in [0.5, 0.6) is 0 Å². The quantitative estimate of drug-likeness (QED) is 0.703. The van der Waals surface area contributed by atoms with Gasteiger partial charge in [-0.05, 0) is 38.5 Å². The van der Waals surface area contributed by atoms with Gasteiger partial charge in [0.1, 0.15) is 5.69 Å². The second kappa shape index (κ2) is 7.10. The molecule has 6 nitrogen and oxygen atoms in total. The summed E-state index contributed by atoms with van der Waals surface area (Å²) in [5.41, 5.74) is 0.305. The molecule has 0 atom stereocenters. The van der Waals surface area contributed by atoms with Crippen molar-refractivity contribution in [3.63, 3.8) is 0 Å². The second-order valence-corrected chi connectivity index (χ2v) is 7.13. The molecule has 0 bridgehead atoms. The highest BCUT2D eigenvalue weighted by Gasteiger charge is 2.35. The van der Waals surface area contributed by atoms with Crippen molar-refractivity contribution in [1.82, 2.24) is 19.7 Å². The summed E-state index contributed by atoms with van der Waals surface area (Å²) in [4.78, 5) is 20.9. The number of rotatable bonds is 4. The van der Waals surface area contributed by atoms with Gasteiger partial charge in [0, 0.05) is 18.4 Å². The number of carbonyl (C=O) groups excluding carboxylic acids is 1. The molecule has 0 radical (unpaired) electrons. The Hall–Kier alpha value is -2.75. The van der Waals surface area contributed by atoms with Crippen LogP contribution in [0.4, 0.5) is 18.3 Å². The summed E-state index contributed by atoms with van der Waals surface area (Å²) in [5, 5.41) is 6.56. The van der Waals surface area contributed by atoms with Crippen LogP contribution in [0.3, 0.4) is 0 Å². The SMILES string of the molecule is Cc1cccnc1C(=O)Nc1ncc(-c2cc(C(F)(F)F)nn2C(C)C)s1. The van der Waals surface area contributed by atoms with Crippen LogP contribution < -0.4 is 5.32 Å². The van der Waals surface area contributed by atoms with Crippen molar-refractivity contribution >= 4 is 22.4 Å². The van der Waals surface area contributed by atoms with Gasteiger partial charge in [-0.25, -0.2) is 4.98 Å². The van der Waals surface area contributed by atoms with Crippen molar-refractivity contribution in [2.45, 2.75) is 33.0 Å². The maximum absolute atomic E-state index is 13.0. The van der Waals surface area contributed by atoms with Crippen LogP contribution in [-0.2, 0) is 6.18 Å². The smallest absolute Gasteiger partial charge is 0.296 e. The van der Waals surface area contributed by atoms with E-state index in [1.54, 1.807) is 32.9 Å². The van der Waals surface area contributed by atoms with E-state index in [0.29, 0.717) is 16.1 Å². The summed E-state index contributed by atoms with van der Waals surface area (Å²) >= 11 is 1.07. The molecule has 0 aliphatic rings. The molecule has 0 aliphatic carbocycles. The van der Waals surface area contributed by atoms with Crippen molar-refractivity contribution in [3.05, 3.63) is 47.5 Å². The number of aromatic nitrogens is 4. The molecule has 27 heavy (non-hydrogen) atoms. The molecule has 0 aliphatic heterocycles. The standard InChI is InChI=1S/C17H16F3N5OS/c1-9(2)25-11(7-13(24-25)17(18,19)20)12-8-22-16(27-12)23-15(26)14-10(3)5-4-6-21-14/h4-9H,1-3H3,(H,22,23,26). The first-order chi connectivity index (χ1) is 12.7. The van der Waals surface area contributed by atoms with E-state index in [-0.39, 0.29) is 16.9 Å². The number of halogens is 3. The molecule has 10 heteroatoms. The summed E-state index contributed by atoms with van der Waals surface area (Å²) in [6, 6.07) is 4.20. The minimum atomic E-state index is -4.53. The van der Waals surface area contributed by atoms with E-state index >= 15 is 0 Å². The Balaban J connectivity index is 1.89. The van der Waals surface area contributed by atoms with E-state index in [2.05, 4.69) is 20.4 Å². The molecule has 0 saturated carbocycles. The number of nitrogens with one attached hydrogen (secondary N) is 1. The number of nitrogens with zero attached hydrogens (tertiary/aromatic N) is 4. The number of alkyl halides is 3. The fourth-order valence-corrected chi connectivity index (χ4v) is 3.26. The summed E-state index contributed by atoms with van der Waals surface area (Å²) in [7, 11) is 0. The fourth-order valence-electron chi connectivity index (χ4n) is 2.44. The van der Waals surface area contributed by atoms with E-state index in [9.17, 15) is 18.0 Å². The van der Waals surface area contributed by atoms with Gasteiger partial charge in [-0.15, -0.1) is 0 Å². The third kappa shape index (κ3) is 4.00. The molecule has 0 saturated heterocycles. The average molecular weight is 395 g/mol. The number of amides is 1. The van der Waals surface area contributed by atoms with Crippen LogP contribution in [0.15, 0.2) is 30.6 Å². The average Bonchev–Trinajstić information content (AvgIpc) is 3.21. The Morgan fingerprint density at radius 3 is 2.67 bits per heavy atom. The number of hydrogen-bond acceptors (Lipinski definition) is 5. The zero-order chi connectivity index (χ0) is 19.8. The van der Waals surface area contributed by atoms with E-state index in [0.717, 1.165) is 17.4 Å². The Morgan fingerprint density at radius 2 is 2.04 bits per heavy atom. The van der Waals surface area contributed by atoms with Crippen molar-refractivity contribution in [2.24, 2.45) is 0 Å². The maximum Gasteiger partial charge on any atom is 0.435 e. The van der Waals surface area contributed by atoms with Crippen molar-refractivity contribution < 1.29 is 18.0 Å². The highest BCUT2D eigenvalue weighted by molar-refractivity contribution is 7.19. The predicted octanol–water partition coefficient (Wildman–Crippen LogP) is 4.56. The van der Waals surface area contributed by atoms with E-state index < -0.39 is 17.8 Å². The normalized spacial score (nSPS) is 11.8. The van der Waals surface area contributed by atoms with Gasteiger partial charge in [-0.1, -0.05) is 17.4 Å². The van der Waals surface area contributed by atoms with Gasteiger partial charge in [0.2, 0.25) is 0 Å². The monoisotopic (exact) mass is 395 g/mol. The highest BCUT2D eigenvalue weighted by Crippen LogP contribution is 2.36. The van der Waals surface area contributed by atoms with Crippen molar-refractivity contribution in [3.8, 4) is 10.6 Å². The molecule has 0 unspecified atom stereocenters. The number of pyridine rings is 1. The van der Waals surface area contributed by atoms with Gasteiger partial charge in [-0.2, -0.15) is 18.3 Å². The lowest BCUT2D eigenvalue weighted by Crippen LogP contribution is -2.14. The first-order valence-electron chi connectivity index (χ1n) is 8.02. The minimum Gasteiger partial charge on any atom is -0.296 e. The van der Waals surface area contributed by atoms with Crippen LogP contribution >= 0.6 is 11.3 Å². The Morgan fingerprint density at radius 1 is 1.30 bits per heavy atom. The summed E-state index contributed by atoms with van der Waals surface area (Å²) in [6.45, 7) is 5.24. The third-order valence-electron chi connectivity index (χ3n) is 3.72. The largest absolute Gasteiger partial charge is 0.435 e. The van der Waals surface area contributed by atoms with Crippen LogP contribution in [0.2, 0.25) is 0 Å². The first-order valence-corrected chi connectivity index (χ1v) is 8.84. The summed E-state index contributed by atoms with van der Waals surface area (Å²) in [6.07, 6.45) is -1.61. The lowest BCUT2D eigenvalue weighted by molar-refractivity contribution is -0.141. The minimum absolute atomic E-state index is 0.265. The Kier molecular flexibility index (Phi) is 5.01. The molecule has 3 rings (SSSR count). The second-order valence-electron chi connectivity index (χ2n) is 6.10. The molecule has 142 valence electrons. The molecular weight excluding hydrogens is 379 g/mol. The maximum atomic E-state index is 13.0. The van der Waals surface area contributed by atoms with Gasteiger partial charge in [0.15, 0.2) is 10.8 Å². The fraction of sp³-hybridized carbons (Fsp3) is 0.294. The summed E-state index contributed by atoms with van der Waals surface area (Å²) in [5.74, 6) is -0.428. The zero-order valence-corrected chi connectivity index (χ0v) is 15.5. The lowest BCUT2D eigenvalue weighted by Gasteiger charge is -2.09.